The molecule has 0 saturated heterocycles. The quantitative estimate of drug-likeness (QED) is 0.558. The largest absolute Gasteiger partial charge is 0.494 e. The molecule has 0 bridgehead atoms. The van der Waals surface area contributed by atoms with Gasteiger partial charge < -0.3 is 15.2 Å². The zero-order valence-corrected chi connectivity index (χ0v) is 12.4. The van der Waals surface area contributed by atoms with Crippen molar-refractivity contribution >= 4 is 17.6 Å². The minimum Gasteiger partial charge on any atom is -0.494 e. The Labute approximate surface area is 127 Å². The number of carbonyl (C=O) groups is 2. The van der Waals surface area contributed by atoms with E-state index in [1.54, 1.807) is 13.8 Å². The lowest BCUT2D eigenvalue weighted by molar-refractivity contribution is -0.385. The Kier molecular flexibility index (Phi) is 6.30. The second-order valence-corrected chi connectivity index (χ2v) is 4.78. The highest BCUT2D eigenvalue weighted by molar-refractivity contribution is 5.98. The van der Waals surface area contributed by atoms with Gasteiger partial charge in [0.2, 0.25) is 0 Å². The van der Waals surface area contributed by atoms with E-state index in [2.05, 4.69) is 5.32 Å². The van der Waals surface area contributed by atoms with Crippen molar-refractivity contribution in [2.45, 2.75) is 20.3 Å². The number of ether oxygens (including phenoxy) is 1. The Morgan fingerprint density at radius 1 is 1.45 bits per heavy atom. The minimum absolute atomic E-state index is 0.0959. The molecule has 0 aliphatic heterocycles. The Morgan fingerprint density at radius 3 is 2.68 bits per heavy atom. The fourth-order valence-electron chi connectivity index (χ4n) is 1.85. The van der Waals surface area contributed by atoms with Crippen molar-refractivity contribution in [2.75, 3.05) is 13.2 Å². The Balaban J connectivity index is 2.87. The van der Waals surface area contributed by atoms with Crippen molar-refractivity contribution in [3.05, 3.63) is 33.9 Å². The van der Waals surface area contributed by atoms with E-state index in [9.17, 15) is 19.7 Å². The summed E-state index contributed by atoms with van der Waals surface area (Å²) in [7, 11) is 0. The first kappa shape index (κ1) is 17.4. The summed E-state index contributed by atoms with van der Waals surface area (Å²) in [6.07, 6.45) is -0.0959. The first-order valence-corrected chi connectivity index (χ1v) is 6.76. The number of rotatable bonds is 8. The first-order valence-electron chi connectivity index (χ1n) is 6.76. The average molecular weight is 310 g/mol. The van der Waals surface area contributed by atoms with Crippen molar-refractivity contribution in [3.8, 4) is 5.75 Å². The van der Waals surface area contributed by atoms with Crippen LogP contribution in [0.1, 0.15) is 30.6 Å². The fourth-order valence-corrected chi connectivity index (χ4v) is 1.85. The van der Waals surface area contributed by atoms with E-state index in [0.29, 0.717) is 12.4 Å². The van der Waals surface area contributed by atoms with Crippen LogP contribution in [0.2, 0.25) is 0 Å². The summed E-state index contributed by atoms with van der Waals surface area (Å²) >= 11 is 0. The molecule has 1 rings (SSSR count). The van der Waals surface area contributed by atoms with Gasteiger partial charge >= 0.3 is 5.97 Å². The van der Waals surface area contributed by atoms with Crippen LogP contribution in [0, 0.1) is 16.0 Å². The van der Waals surface area contributed by atoms with E-state index in [1.165, 1.54) is 18.2 Å². The number of hydrogen-bond acceptors (Lipinski definition) is 5. The van der Waals surface area contributed by atoms with Gasteiger partial charge in [-0.1, -0.05) is 6.92 Å². The topological polar surface area (TPSA) is 119 Å². The highest BCUT2D eigenvalue weighted by atomic mass is 16.6. The van der Waals surface area contributed by atoms with Crippen LogP contribution in [-0.2, 0) is 4.79 Å². The number of nitro groups is 1. The van der Waals surface area contributed by atoms with Gasteiger partial charge in [0.1, 0.15) is 11.3 Å². The van der Waals surface area contributed by atoms with Crippen molar-refractivity contribution in [3.63, 3.8) is 0 Å². The molecule has 1 aromatic rings. The molecule has 1 amide bonds. The molecule has 8 nitrogen and oxygen atoms in total. The third kappa shape index (κ3) is 5.04. The predicted molar refractivity (Wildman–Crippen MR) is 78.0 cm³/mol. The van der Waals surface area contributed by atoms with Crippen LogP contribution in [0.5, 0.6) is 5.75 Å². The van der Waals surface area contributed by atoms with Gasteiger partial charge in [0, 0.05) is 19.0 Å². The molecule has 0 spiro atoms. The molecule has 0 radical (unpaired) electrons. The summed E-state index contributed by atoms with van der Waals surface area (Å²) in [5.41, 5.74) is -0.440. The van der Waals surface area contributed by atoms with Crippen LogP contribution in [0.15, 0.2) is 18.2 Å². The van der Waals surface area contributed by atoms with E-state index >= 15 is 0 Å². The standard InChI is InChI=1S/C14H18N2O6/c1-3-22-10-4-5-12(16(20)21)11(7-10)14(19)15-8-9(2)6-13(17)18/h4-5,7,9H,3,6,8H2,1-2H3,(H,15,19)(H,17,18). The zero-order chi connectivity index (χ0) is 16.7. The molecule has 22 heavy (non-hydrogen) atoms. The number of carbonyl (C=O) groups excluding carboxylic acids is 1. The molecule has 0 aromatic heterocycles. The second-order valence-electron chi connectivity index (χ2n) is 4.78. The van der Waals surface area contributed by atoms with E-state index in [0.717, 1.165) is 0 Å². The molecule has 0 saturated carbocycles. The van der Waals surface area contributed by atoms with Crippen molar-refractivity contribution in [1.29, 1.82) is 0 Å². The minimum atomic E-state index is -0.967. The van der Waals surface area contributed by atoms with Gasteiger partial charge in [0.15, 0.2) is 0 Å². The monoisotopic (exact) mass is 310 g/mol. The first-order chi connectivity index (χ1) is 10.3. The molecule has 1 unspecified atom stereocenters. The molecule has 8 heteroatoms. The fraction of sp³-hybridized carbons (Fsp3) is 0.429. The van der Waals surface area contributed by atoms with E-state index in [1.807, 2.05) is 0 Å². The number of nitrogens with one attached hydrogen (secondary N) is 1. The highest BCUT2D eigenvalue weighted by Crippen LogP contribution is 2.24. The van der Waals surface area contributed by atoms with Crippen LogP contribution in [0.4, 0.5) is 5.69 Å². The van der Waals surface area contributed by atoms with Gasteiger partial charge in [0.25, 0.3) is 11.6 Å². The number of nitrogens with zero attached hydrogens (tertiary/aromatic N) is 1. The van der Waals surface area contributed by atoms with Crippen LogP contribution in [-0.4, -0.2) is 35.1 Å². The number of carboxylic acids is 1. The molecule has 0 heterocycles. The van der Waals surface area contributed by atoms with Crippen LogP contribution in [0.25, 0.3) is 0 Å². The summed E-state index contributed by atoms with van der Waals surface area (Å²) < 4.78 is 5.23. The lowest BCUT2D eigenvalue weighted by Crippen LogP contribution is -2.29. The summed E-state index contributed by atoms with van der Waals surface area (Å²) in [4.78, 5) is 33.0. The molecule has 1 atom stereocenters. The maximum absolute atomic E-state index is 12.1. The molecule has 2 N–H and O–H groups in total. The molecule has 120 valence electrons. The van der Waals surface area contributed by atoms with Crippen LogP contribution < -0.4 is 10.1 Å². The third-order valence-corrected chi connectivity index (χ3v) is 2.85. The number of aliphatic carboxylic acids is 1. The molecule has 0 aliphatic carbocycles. The van der Waals surface area contributed by atoms with Crippen molar-refractivity contribution in [1.82, 2.24) is 5.32 Å². The summed E-state index contributed by atoms with van der Waals surface area (Å²) in [6.45, 7) is 3.91. The highest BCUT2D eigenvalue weighted by Gasteiger charge is 2.21. The molecular weight excluding hydrogens is 292 g/mol. The lowest BCUT2D eigenvalue weighted by atomic mass is 10.1. The molecule has 0 aliphatic rings. The van der Waals surface area contributed by atoms with E-state index < -0.39 is 16.8 Å². The van der Waals surface area contributed by atoms with Gasteiger partial charge in [-0.05, 0) is 25.0 Å². The Bertz CT molecular complexity index is 572. The number of carboxylic acid groups (broad SMARTS) is 1. The molecule has 0 fully saturated rings. The molecule has 1 aromatic carbocycles. The van der Waals surface area contributed by atoms with Crippen molar-refractivity contribution in [2.24, 2.45) is 5.92 Å². The normalized spacial score (nSPS) is 11.5. The van der Waals surface area contributed by atoms with Gasteiger partial charge in [-0.3, -0.25) is 19.7 Å². The maximum atomic E-state index is 12.1. The average Bonchev–Trinajstić information content (AvgIpc) is 2.44. The number of benzene rings is 1. The predicted octanol–water partition coefficient (Wildman–Crippen LogP) is 1.83. The third-order valence-electron chi connectivity index (χ3n) is 2.85. The van der Waals surface area contributed by atoms with Gasteiger partial charge in [0.05, 0.1) is 11.5 Å². The summed E-state index contributed by atoms with van der Waals surface area (Å²) in [5, 5.41) is 22.2. The number of hydrogen-bond donors (Lipinski definition) is 2. The second kappa shape index (κ2) is 7.96. The Morgan fingerprint density at radius 2 is 2.14 bits per heavy atom. The SMILES string of the molecule is CCOc1ccc([N+](=O)[O-])c(C(=O)NCC(C)CC(=O)O)c1. The van der Waals surface area contributed by atoms with E-state index in [-0.39, 0.29) is 30.1 Å². The van der Waals surface area contributed by atoms with Gasteiger partial charge in [-0.25, -0.2) is 0 Å². The Hall–Kier alpha value is -2.64. The maximum Gasteiger partial charge on any atom is 0.303 e. The summed E-state index contributed by atoms with van der Waals surface area (Å²) in [5.74, 6) is -1.52. The van der Waals surface area contributed by atoms with Gasteiger partial charge in [-0.15, -0.1) is 0 Å². The smallest absolute Gasteiger partial charge is 0.303 e. The van der Waals surface area contributed by atoms with Crippen LogP contribution in [0.3, 0.4) is 0 Å². The number of nitro benzene ring substituents is 1. The number of amides is 1. The molecular formula is C14H18N2O6. The van der Waals surface area contributed by atoms with Crippen molar-refractivity contribution < 1.29 is 24.4 Å². The van der Waals surface area contributed by atoms with Gasteiger partial charge in [-0.2, -0.15) is 0 Å². The van der Waals surface area contributed by atoms with E-state index in [4.69, 9.17) is 9.84 Å². The lowest BCUT2D eigenvalue weighted by Gasteiger charge is -2.11. The van der Waals surface area contributed by atoms with Crippen LogP contribution >= 0.6 is 0 Å². The summed E-state index contributed by atoms with van der Waals surface area (Å²) in [6, 6.07) is 3.94. The zero-order valence-electron chi connectivity index (χ0n) is 12.4.